The lowest BCUT2D eigenvalue weighted by molar-refractivity contribution is 0.0927. The van der Waals surface area contributed by atoms with Crippen LogP contribution in [-0.4, -0.2) is 46.9 Å². The lowest BCUT2D eigenvalue weighted by atomic mass is 10.0. The minimum atomic E-state index is -0.200. The number of rotatable bonds is 6. The van der Waals surface area contributed by atoms with Crippen LogP contribution in [-0.2, 0) is 0 Å². The molecule has 112 valence electrons. The topological polar surface area (TPSA) is 73.9 Å². The minimum absolute atomic E-state index is 0.0443. The van der Waals surface area contributed by atoms with Crippen molar-refractivity contribution in [1.82, 2.24) is 25.6 Å². The molecule has 21 heavy (non-hydrogen) atoms. The van der Waals surface area contributed by atoms with E-state index in [1.165, 1.54) is 0 Å². The fraction of sp³-hybridized carbons (Fsp3) is 0.400. The average Bonchev–Trinajstić information content (AvgIpc) is 2.90. The molecule has 2 N–H and O–H groups in total. The monoisotopic (exact) mass is 287 g/mol. The Morgan fingerprint density at radius 2 is 2.00 bits per heavy atom. The predicted octanol–water partition coefficient (Wildman–Crippen LogP) is 1.54. The number of carbonyl (C=O) groups is 1. The molecular weight excluding hydrogens is 266 g/mol. The van der Waals surface area contributed by atoms with E-state index in [0.717, 1.165) is 18.5 Å². The SMILES string of the molecule is Cc1n[nH]nc1C(=O)NC(CCN(C)C)c1ccccc1. The van der Waals surface area contributed by atoms with Gasteiger partial charge in [0, 0.05) is 0 Å². The molecule has 6 nitrogen and oxygen atoms in total. The van der Waals surface area contributed by atoms with Gasteiger partial charge in [0.1, 0.15) is 0 Å². The summed E-state index contributed by atoms with van der Waals surface area (Å²) in [4.78, 5) is 14.4. The summed E-state index contributed by atoms with van der Waals surface area (Å²) in [5.74, 6) is -0.200. The average molecular weight is 287 g/mol. The third kappa shape index (κ3) is 4.13. The molecule has 1 aromatic heterocycles. The van der Waals surface area contributed by atoms with Gasteiger partial charge in [0.2, 0.25) is 0 Å². The summed E-state index contributed by atoms with van der Waals surface area (Å²) in [6.45, 7) is 2.65. The summed E-state index contributed by atoms with van der Waals surface area (Å²) in [7, 11) is 4.04. The minimum Gasteiger partial charge on any atom is -0.344 e. The highest BCUT2D eigenvalue weighted by atomic mass is 16.2. The fourth-order valence-electron chi connectivity index (χ4n) is 2.12. The van der Waals surface area contributed by atoms with Crippen molar-refractivity contribution < 1.29 is 4.79 Å². The van der Waals surface area contributed by atoms with Crippen LogP contribution >= 0.6 is 0 Å². The van der Waals surface area contributed by atoms with Crippen molar-refractivity contribution in [2.45, 2.75) is 19.4 Å². The third-order valence-corrected chi connectivity index (χ3v) is 3.31. The first-order chi connectivity index (χ1) is 10.1. The molecule has 1 aromatic carbocycles. The second-order valence-corrected chi connectivity index (χ2v) is 5.29. The second kappa shape index (κ2) is 6.99. The number of H-pyrrole nitrogens is 1. The fourth-order valence-corrected chi connectivity index (χ4v) is 2.12. The standard InChI is InChI=1S/C15H21N5O/c1-11-14(18-19-17-11)15(21)16-13(9-10-20(2)3)12-7-5-4-6-8-12/h4-8,13H,9-10H2,1-3H3,(H,16,21)(H,17,18,19). The van der Waals surface area contributed by atoms with E-state index in [2.05, 4.69) is 25.6 Å². The number of nitrogens with zero attached hydrogens (tertiary/aromatic N) is 3. The summed E-state index contributed by atoms with van der Waals surface area (Å²) >= 11 is 0. The first-order valence-electron chi connectivity index (χ1n) is 6.96. The Morgan fingerprint density at radius 3 is 2.57 bits per heavy atom. The lowest BCUT2D eigenvalue weighted by Gasteiger charge is -2.21. The molecule has 0 aliphatic heterocycles. The number of hydrogen-bond donors (Lipinski definition) is 2. The zero-order chi connectivity index (χ0) is 15.2. The van der Waals surface area contributed by atoms with E-state index < -0.39 is 0 Å². The molecule has 0 bridgehead atoms. The number of carbonyl (C=O) groups excluding carboxylic acids is 1. The van der Waals surface area contributed by atoms with Gasteiger partial charge in [-0.05, 0) is 39.5 Å². The molecule has 1 atom stereocenters. The largest absolute Gasteiger partial charge is 0.344 e. The molecule has 1 unspecified atom stereocenters. The van der Waals surface area contributed by atoms with Crippen LogP contribution in [0.1, 0.15) is 34.2 Å². The second-order valence-electron chi connectivity index (χ2n) is 5.29. The van der Waals surface area contributed by atoms with Crippen molar-refractivity contribution in [1.29, 1.82) is 0 Å². The van der Waals surface area contributed by atoms with Gasteiger partial charge in [-0.3, -0.25) is 4.79 Å². The van der Waals surface area contributed by atoms with Crippen LogP contribution in [0.25, 0.3) is 0 Å². The van der Waals surface area contributed by atoms with Crippen molar-refractivity contribution in [2.24, 2.45) is 0 Å². The molecule has 1 amide bonds. The van der Waals surface area contributed by atoms with Crippen LogP contribution in [0, 0.1) is 6.92 Å². The van der Waals surface area contributed by atoms with Crippen LogP contribution in [0.15, 0.2) is 30.3 Å². The quantitative estimate of drug-likeness (QED) is 0.845. The Hall–Kier alpha value is -2.21. The van der Waals surface area contributed by atoms with Crippen molar-refractivity contribution in [2.75, 3.05) is 20.6 Å². The number of aryl methyl sites for hydroxylation is 1. The number of nitrogens with one attached hydrogen (secondary N) is 2. The first kappa shape index (κ1) is 15.2. The molecular formula is C15H21N5O. The van der Waals surface area contributed by atoms with Crippen molar-refractivity contribution in [3.05, 3.63) is 47.3 Å². The van der Waals surface area contributed by atoms with Gasteiger partial charge in [-0.2, -0.15) is 15.4 Å². The molecule has 2 rings (SSSR count). The van der Waals surface area contributed by atoms with Crippen LogP contribution in [0.3, 0.4) is 0 Å². The molecule has 2 aromatic rings. The molecule has 0 aliphatic rings. The Bertz CT molecular complexity index is 579. The van der Waals surface area contributed by atoms with Gasteiger partial charge < -0.3 is 10.2 Å². The molecule has 0 fully saturated rings. The molecule has 0 saturated heterocycles. The Kier molecular flexibility index (Phi) is 5.05. The zero-order valence-electron chi connectivity index (χ0n) is 12.6. The van der Waals surface area contributed by atoms with E-state index in [4.69, 9.17) is 0 Å². The number of amides is 1. The number of aromatic amines is 1. The van der Waals surface area contributed by atoms with Gasteiger partial charge in [-0.15, -0.1) is 0 Å². The molecule has 0 aliphatic carbocycles. The van der Waals surface area contributed by atoms with Crippen molar-refractivity contribution in [3.63, 3.8) is 0 Å². The summed E-state index contributed by atoms with van der Waals surface area (Å²) in [6.07, 6.45) is 0.833. The molecule has 6 heteroatoms. The number of benzene rings is 1. The molecule has 0 radical (unpaired) electrons. The zero-order valence-corrected chi connectivity index (χ0v) is 12.6. The Balaban J connectivity index is 2.12. The Labute approximate surface area is 124 Å². The van der Waals surface area contributed by atoms with Crippen LogP contribution in [0.4, 0.5) is 0 Å². The Morgan fingerprint density at radius 1 is 1.29 bits per heavy atom. The van der Waals surface area contributed by atoms with E-state index in [1.54, 1.807) is 6.92 Å². The normalized spacial score (nSPS) is 12.4. The van der Waals surface area contributed by atoms with Gasteiger partial charge in [-0.1, -0.05) is 30.3 Å². The highest BCUT2D eigenvalue weighted by Gasteiger charge is 2.19. The summed E-state index contributed by atoms with van der Waals surface area (Å²) in [5, 5.41) is 13.3. The molecule has 0 saturated carbocycles. The maximum atomic E-state index is 12.3. The number of aromatic nitrogens is 3. The highest BCUT2D eigenvalue weighted by molar-refractivity contribution is 5.93. The van der Waals surface area contributed by atoms with Crippen LogP contribution < -0.4 is 5.32 Å². The highest BCUT2D eigenvalue weighted by Crippen LogP contribution is 2.17. The van der Waals surface area contributed by atoms with Crippen molar-refractivity contribution >= 4 is 5.91 Å². The van der Waals surface area contributed by atoms with Gasteiger partial charge in [-0.25, -0.2) is 0 Å². The maximum Gasteiger partial charge on any atom is 0.274 e. The van der Waals surface area contributed by atoms with E-state index in [9.17, 15) is 4.79 Å². The predicted molar refractivity (Wildman–Crippen MR) is 80.9 cm³/mol. The van der Waals surface area contributed by atoms with Gasteiger partial charge in [0.05, 0.1) is 11.7 Å². The van der Waals surface area contributed by atoms with E-state index in [0.29, 0.717) is 11.4 Å². The summed E-state index contributed by atoms with van der Waals surface area (Å²) in [5.41, 5.74) is 2.04. The smallest absolute Gasteiger partial charge is 0.274 e. The number of hydrogen-bond acceptors (Lipinski definition) is 4. The van der Waals surface area contributed by atoms with Gasteiger partial charge in [0.25, 0.3) is 5.91 Å². The molecule has 0 spiro atoms. The lowest BCUT2D eigenvalue weighted by Crippen LogP contribution is -2.31. The van der Waals surface area contributed by atoms with Gasteiger partial charge >= 0.3 is 0 Å². The summed E-state index contributed by atoms with van der Waals surface area (Å²) < 4.78 is 0. The third-order valence-electron chi connectivity index (χ3n) is 3.31. The van der Waals surface area contributed by atoms with E-state index >= 15 is 0 Å². The van der Waals surface area contributed by atoms with Crippen molar-refractivity contribution in [3.8, 4) is 0 Å². The van der Waals surface area contributed by atoms with Crippen LogP contribution in [0.2, 0.25) is 0 Å². The van der Waals surface area contributed by atoms with Gasteiger partial charge in [0.15, 0.2) is 5.69 Å². The summed E-state index contributed by atoms with van der Waals surface area (Å²) in [6, 6.07) is 9.93. The van der Waals surface area contributed by atoms with E-state index in [1.807, 2.05) is 44.4 Å². The molecule has 1 heterocycles. The first-order valence-corrected chi connectivity index (χ1v) is 6.96. The van der Waals surface area contributed by atoms with Crippen LogP contribution in [0.5, 0.6) is 0 Å². The van der Waals surface area contributed by atoms with E-state index in [-0.39, 0.29) is 11.9 Å². The maximum absolute atomic E-state index is 12.3.